The standard InChI is InChI=1S/C18H18N4O3/c1-20-18(24)22(21-17(23)14-6-4-3-5-7-14)16(12-19)13-8-10-15(25-2)11-9-13/h3-11,16H,1-2H3,(H,20,24)(H,21,23). The van der Waals surface area contributed by atoms with E-state index in [0.717, 1.165) is 5.01 Å². The summed E-state index contributed by atoms with van der Waals surface area (Å²) in [7, 11) is 2.96. The van der Waals surface area contributed by atoms with Crippen LogP contribution in [0, 0.1) is 11.3 Å². The topological polar surface area (TPSA) is 94.5 Å². The van der Waals surface area contributed by atoms with Crippen molar-refractivity contribution in [1.29, 1.82) is 5.26 Å². The summed E-state index contributed by atoms with van der Waals surface area (Å²) in [6, 6.07) is 15.6. The number of rotatable bonds is 4. The number of amides is 3. The van der Waals surface area contributed by atoms with Crippen LogP contribution in [0.4, 0.5) is 4.79 Å². The molecule has 0 bridgehead atoms. The molecule has 7 nitrogen and oxygen atoms in total. The summed E-state index contributed by atoms with van der Waals surface area (Å²) in [5.74, 6) is 0.137. The van der Waals surface area contributed by atoms with E-state index in [-0.39, 0.29) is 0 Å². The lowest BCUT2D eigenvalue weighted by Gasteiger charge is -2.27. The summed E-state index contributed by atoms with van der Waals surface area (Å²) in [6.07, 6.45) is 0. The van der Waals surface area contributed by atoms with Crippen LogP contribution in [0.25, 0.3) is 0 Å². The van der Waals surface area contributed by atoms with Gasteiger partial charge in [-0.05, 0) is 29.8 Å². The maximum atomic E-state index is 12.4. The largest absolute Gasteiger partial charge is 0.497 e. The number of hydrogen-bond acceptors (Lipinski definition) is 4. The number of nitriles is 1. The highest BCUT2D eigenvalue weighted by Gasteiger charge is 2.27. The number of carbonyl (C=O) groups excluding carboxylic acids is 2. The van der Waals surface area contributed by atoms with E-state index in [0.29, 0.717) is 16.9 Å². The van der Waals surface area contributed by atoms with Gasteiger partial charge in [0, 0.05) is 12.6 Å². The Morgan fingerprint density at radius 3 is 2.28 bits per heavy atom. The number of urea groups is 1. The third kappa shape index (κ3) is 4.26. The summed E-state index contributed by atoms with van der Waals surface area (Å²) in [5.41, 5.74) is 3.41. The lowest BCUT2D eigenvalue weighted by Crippen LogP contribution is -2.51. The molecule has 25 heavy (non-hydrogen) atoms. The van der Waals surface area contributed by atoms with Gasteiger partial charge in [0.2, 0.25) is 0 Å². The third-order valence-electron chi connectivity index (χ3n) is 3.50. The number of methoxy groups -OCH3 is 1. The molecule has 1 atom stereocenters. The van der Waals surface area contributed by atoms with E-state index in [1.54, 1.807) is 54.6 Å². The number of benzene rings is 2. The Balaban J connectivity index is 2.29. The lowest BCUT2D eigenvalue weighted by molar-refractivity contribution is 0.0797. The zero-order valence-corrected chi connectivity index (χ0v) is 13.9. The Bertz CT molecular complexity index is 769. The molecular formula is C18H18N4O3. The van der Waals surface area contributed by atoms with Crippen LogP contribution in [0.1, 0.15) is 22.0 Å². The Hall–Kier alpha value is -3.53. The van der Waals surface area contributed by atoms with Crippen molar-refractivity contribution in [3.05, 3.63) is 65.7 Å². The molecule has 128 valence electrons. The van der Waals surface area contributed by atoms with E-state index in [1.165, 1.54) is 14.2 Å². The Morgan fingerprint density at radius 1 is 1.12 bits per heavy atom. The molecule has 0 fully saturated rings. The van der Waals surface area contributed by atoms with E-state index in [4.69, 9.17) is 4.74 Å². The number of ether oxygens (including phenoxy) is 1. The van der Waals surface area contributed by atoms with Crippen LogP contribution in [0.3, 0.4) is 0 Å². The molecule has 0 aliphatic carbocycles. The van der Waals surface area contributed by atoms with Gasteiger partial charge in [0.1, 0.15) is 5.75 Å². The molecule has 2 aromatic carbocycles. The molecule has 1 unspecified atom stereocenters. The first-order chi connectivity index (χ1) is 12.1. The summed E-state index contributed by atoms with van der Waals surface area (Å²) in [5, 5.41) is 12.9. The van der Waals surface area contributed by atoms with Crippen molar-refractivity contribution in [1.82, 2.24) is 15.8 Å². The Morgan fingerprint density at radius 2 is 1.76 bits per heavy atom. The minimum absolute atomic E-state index is 0.378. The fourth-order valence-electron chi connectivity index (χ4n) is 2.18. The highest BCUT2D eigenvalue weighted by molar-refractivity contribution is 5.95. The van der Waals surface area contributed by atoms with E-state index in [2.05, 4.69) is 10.7 Å². The number of hydrogen-bond donors (Lipinski definition) is 2. The molecule has 2 rings (SSSR count). The fraction of sp³-hybridized carbons (Fsp3) is 0.167. The van der Waals surface area contributed by atoms with Gasteiger partial charge in [-0.2, -0.15) is 5.26 Å². The SMILES string of the molecule is CNC(=O)N(NC(=O)c1ccccc1)C(C#N)c1ccc(OC)cc1. The second-order valence-corrected chi connectivity index (χ2v) is 5.04. The van der Waals surface area contributed by atoms with Crippen molar-refractivity contribution in [2.45, 2.75) is 6.04 Å². The fourth-order valence-corrected chi connectivity index (χ4v) is 2.18. The van der Waals surface area contributed by atoms with Crippen LogP contribution in [-0.2, 0) is 0 Å². The van der Waals surface area contributed by atoms with Crippen LogP contribution in [0.5, 0.6) is 5.75 Å². The normalized spacial score (nSPS) is 10.9. The molecule has 2 N–H and O–H groups in total. The quantitative estimate of drug-likeness (QED) is 0.836. The van der Waals surface area contributed by atoms with E-state index < -0.39 is 18.0 Å². The van der Waals surface area contributed by atoms with Crippen molar-refractivity contribution in [2.75, 3.05) is 14.2 Å². The highest BCUT2D eigenvalue weighted by atomic mass is 16.5. The van der Waals surface area contributed by atoms with Crippen LogP contribution in [0.15, 0.2) is 54.6 Å². The van der Waals surface area contributed by atoms with Gasteiger partial charge >= 0.3 is 6.03 Å². The predicted molar refractivity (Wildman–Crippen MR) is 91.6 cm³/mol. The van der Waals surface area contributed by atoms with Gasteiger partial charge in [-0.15, -0.1) is 0 Å². The lowest BCUT2D eigenvalue weighted by atomic mass is 10.1. The van der Waals surface area contributed by atoms with Crippen molar-refractivity contribution < 1.29 is 14.3 Å². The van der Waals surface area contributed by atoms with Gasteiger partial charge in [0.05, 0.1) is 13.2 Å². The molecule has 3 amide bonds. The molecule has 0 aromatic heterocycles. The molecule has 0 radical (unpaired) electrons. The molecule has 0 saturated carbocycles. The number of hydrazine groups is 1. The first-order valence-electron chi connectivity index (χ1n) is 7.51. The van der Waals surface area contributed by atoms with Gasteiger partial charge in [-0.1, -0.05) is 30.3 Å². The van der Waals surface area contributed by atoms with Gasteiger partial charge < -0.3 is 10.1 Å². The molecule has 7 heteroatoms. The van der Waals surface area contributed by atoms with Gasteiger partial charge in [0.25, 0.3) is 5.91 Å². The van der Waals surface area contributed by atoms with Crippen LogP contribution in [0.2, 0.25) is 0 Å². The monoisotopic (exact) mass is 338 g/mol. The van der Waals surface area contributed by atoms with E-state index in [1.807, 2.05) is 6.07 Å². The van der Waals surface area contributed by atoms with Crippen molar-refractivity contribution in [2.24, 2.45) is 0 Å². The van der Waals surface area contributed by atoms with E-state index in [9.17, 15) is 14.9 Å². The highest BCUT2D eigenvalue weighted by Crippen LogP contribution is 2.22. The average molecular weight is 338 g/mol. The first-order valence-corrected chi connectivity index (χ1v) is 7.51. The average Bonchev–Trinajstić information content (AvgIpc) is 2.68. The first kappa shape index (κ1) is 17.8. The molecule has 0 saturated heterocycles. The number of nitrogens with zero attached hydrogens (tertiary/aromatic N) is 2. The molecule has 0 aliphatic rings. The predicted octanol–water partition coefficient (Wildman–Crippen LogP) is 2.25. The van der Waals surface area contributed by atoms with Gasteiger partial charge in [-0.3, -0.25) is 10.2 Å². The number of carbonyl (C=O) groups is 2. The summed E-state index contributed by atoms with van der Waals surface area (Å²) < 4.78 is 5.09. The van der Waals surface area contributed by atoms with Crippen LogP contribution >= 0.6 is 0 Å². The van der Waals surface area contributed by atoms with Crippen molar-refractivity contribution >= 4 is 11.9 Å². The smallest absolute Gasteiger partial charge is 0.337 e. The van der Waals surface area contributed by atoms with Gasteiger partial charge in [0.15, 0.2) is 6.04 Å². The summed E-state index contributed by atoms with van der Waals surface area (Å²) in [6.45, 7) is 0. The summed E-state index contributed by atoms with van der Waals surface area (Å²) >= 11 is 0. The molecule has 2 aromatic rings. The summed E-state index contributed by atoms with van der Waals surface area (Å²) in [4.78, 5) is 24.6. The van der Waals surface area contributed by atoms with Crippen molar-refractivity contribution in [3.8, 4) is 11.8 Å². The Labute approximate surface area is 145 Å². The van der Waals surface area contributed by atoms with Crippen molar-refractivity contribution in [3.63, 3.8) is 0 Å². The molecule has 0 aliphatic heterocycles. The van der Waals surface area contributed by atoms with Gasteiger partial charge in [-0.25, -0.2) is 9.80 Å². The zero-order chi connectivity index (χ0) is 18.2. The van der Waals surface area contributed by atoms with Crippen LogP contribution < -0.4 is 15.5 Å². The minimum Gasteiger partial charge on any atom is -0.497 e. The van der Waals surface area contributed by atoms with E-state index >= 15 is 0 Å². The second-order valence-electron chi connectivity index (χ2n) is 5.04. The minimum atomic E-state index is -1.00. The number of nitrogens with one attached hydrogen (secondary N) is 2. The second kappa shape index (κ2) is 8.36. The maximum absolute atomic E-state index is 12.4. The van der Waals surface area contributed by atoms with Crippen LogP contribution in [-0.4, -0.2) is 31.1 Å². The molecule has 0 spiro atoms. The Kier molecular flexibility index (Phi) is 5.96. The molecule has 0 heterocycles. The molecular weight excluding hydrogens is 320 g/mol. The third-order valence-corrected chi connectivity index (χ3v) is 3.50. The maximum Gasteiger partial charge on any atom is 0.337 e. The zero-order valence-electron chi connectivity index (χ0n) is 13.9.